The van der Waals surface area contributed by atoms with Crippen LogP contribution >= 0.6 is 0 Å². The van der Waals surface area contributed by atoms with Crippen molar-refractivity contribution in [2.75, 3.05) is 13.7 Å². The van der Waals surface area contributed by atoms with Gasteiger partial charge in [0.05, 0.1) is 18.8 Å². The molecule has 0 aliphatic carbocycles. The number of rotatable bonds is 2. The lowest BCUT2D eigenvalue weighted by atomic mass is 10.1. The number of hydrogen-bond acceptors (Lipinski definition) is 4. The molecule has 0 radical (unpaired) electrons. The number of carbonyl (C=O) groups excluding carboxylic acids is 1. The third-order valence-corrected chi connectivity index (χ3v) is 2.04. The first kappa shape index (κ1) is 10.4. The second-order valence-electron chi connectivity index (χ2n) is 3.10. The summed E-state index contributed by atoms with van der Waals surface area (Å²) in [5, 5.41) is 11.9. The van der Waals surface area contributed by atoms with Crippen LogP contribution in [0.4, 0.5) is 0 Å². The van der Waals surface area contributed by atoms with Crippen LogP contribution in [0.3, 0.4) is 0 Å². The second kappa shape index (κ2) is 4.55. The topological polar surface area (TPSA) is 67.8 Å². The molecule has 1 rings (SSSR count). The largest absolute Gasteiger partial charge is 0.379 e. The van der Waals surface area contributed by atoms with E-state index in [9.17, 15) is 4.79 Å². The van der Waals surface area contributed by atoms with Gasteiger partial charge in [-0.05, 0) is 0 Å². The fourth-order valence-electron chi connectivity index (χ4n) is 1.41. The van der Waals surface area contributed by atoms with Gasteiger partial charge in [0.1, 0.15) is 0 Å². The SMILES string of the molecule is CO[C@@H]1CC(O)OC[C@@H]1NC(C)=O. The van der Waals surface area contributed by atoms with Crippen molar-refractivity contribution in [3.8, 4) is 0 Å². The average molecular weight is 189 g/mol. The molecule has 1 unspecified atom stereocenters. The number of aliphatic hydroxyl groups excluding tert-OH is 1. The molecular formula is C8H15NO4. The molecule has 2 N–H and O–H groups in total. The van der Waals surface area contributed by atoms with Gasteiger partial charge in [0.15, 0.2) is 6.29 Å². The lowest BCUT2D eigenvalue weighted by molar-refractivity contribution is -0.172. The van der Waals surface area contributed by atoms with Crippen LogP contribution in [0, 0.1) is 0 Å². The fraction of sp³-hybridized carbons (Fsp3) is 0.875. The minimum Gasteiger partial charge on any atom is -0.379 e. The van der Waals surface area contributed by atoms with Crippen LogP contribution in [0.25, 0.3) is 0 Å². The smallest absolute Gasteiger partial charge is 0.217 e. The summed E-state index contributed by atoms with van der Waals surface area (Å²) in [6, 6.07) is -0.161. The molecule has 0 spiro atoms. The molecule has 1 aliphatic heterocycles. The fourth-order valence-corrected chi connectivity index (χ4v) is 1.41. The predicted octanol–water partition coefficient (Wildman–Crippen LogP) is -0.755. The van der Waals surface area contributed by atoms with Gasteiger partial charge in [0.25, 0.3) is 0 Å². The average Bonchev–Trinajstić information content (AvgIpc) is 2.07. The van der Waals surface area contributed by atoms with Crippen LogP contribution in [0.15, 0.2) is 0 Å². The van der Waals surface area contributed by atoms with Gasteiger partial charge < -0.3 is 19.9 Å². The van der Waals surface area contributed by atoms with Crippen molar-refractivity contribution in [3.63, 3.8) is 0 Å². The van der Waals surface area contributed by atoms with E-state index in [-0.39, 0.29) is 18.1 Å². The van der Waals surface area contributed by atoms with Crippen LogP contribution in [-0.2, 0) is 14.3 Å². The van der Waals surface area contributed by atoms with Gasteiger partial charge in [-0.1, -0.05) is 0 Å². The Hall–Kier alpha value is -0.650. The molecule has 1 aliphatic rings. The highest BCUT2D eigenvalue weighted by atomic mass is 16.6. The summed E-state index contributed by atoms with van der Waals surface area (Å²) >= 11 is 0. The summed E-state index contributed by atoms with van der Waals surface area (Å²) in [7, 11) is 1.55. The first-order valence-electron chi connectivity index (χ1n) is 4.23. The van der Waals surface area contributed by atoms with Crippen molar-refractivity contribution in [3.05, 3.63) is 0 Å². The van der Waals surface area contributed by atoms with Crippen molar-refractivity contribution in [2.24, 2.45) is 0 Å². The van der Waals surface area contributed by atoms with E-state index in [2.05, 4.69) is 5.32 Å². The standard InChI is InChI=1S/C8H15NO4/c1-5(10)9-6-4-13-8(11)3-7(6)12-2/h6-8,11H,3-4H2,1-2H3,(H,9,10)/t6-,7+,8?/m0/s1. The summed E-state index contributed by atoms with van der Waals surface area (Å²) in [5.41, 5.74) is 0. The maximum Gasteiger partial charge on any atom is 0.217 e. The van der Waals surface area contributed by atoms with Gasteiger partial charge in [0.2, 0.25) is 5.91 Å². The molecule has 3 atom stereocenters. The van der Waals surface area contributed by atoms with E-state index in [0.717, 1.165) is 0 Å². The Labute approximate surface area is 77.0 Å². The van der Waals surface area contributed by atoms with E-state index >= 15 is 0 Å². The van der Waals surface area contributed by atoms with Gasteiger partial charge in [-0.15, -0.1) is 0 Å². The van der Waals surface area contributed by atoms with Crippen LogP contribution in [0.2, 0.25) is 0 Å². The lowest BCUT2D eigenvalue weighted by Crippen LogP contribution is -2.51. The van der Waals surface area contributed by atoms with Crippen LogP contribution in [0.5, 0.6) is 0 Å². The van der Waals surface area contributed by atoms with Crippen molar-refractivity contribution in [1.82, 2.24) is 5.32 Å². The van der Waals surface area contributed by atoms with Gasteiger partial charge in [0, 0.05) is 20.5 Å². The molecule has 0 aromatic carbocycles. The van der Waals surface area contributed by atoms with Crippen LogP contribution < -0.4 is 5.32 Å². The zero-order valence-electron chi connectivity index (χ0n) is 7.82. The van der Waals surface area contributed by atoms with Crippen molar-refractivity contribution >= 4 is 5.91 Å². The molecule has 5 nitrogen and oxygen atoms in total. The Balaban J connectivity index is 2.47. The van der Waals surface area contributed by atoms with Gasteiger partial charge in [-0.2, -0.15) is 0 Å². The van der Waals surface area contributed by atoms with E-state index < -0.39 is 6.29 Å². The Morgan fingerprint density at radius 3 is 2.92 bits per heavy atom. The second-order valence-corrected chi connectivity index (χ2v) is 3.10. The molecule has 1 saturated heterocycles. The number of ether oxygens (including phenoxy) is 2. The molecule has 0 aromatic rings. The molecule has 76 valence electrons. The minimum absolute atomic E-state index is 0.118. The number of nitrogens with one attached hydrogen (secondary N) is 1. The van der Waals surface area contributed by atoms with Crippen LogP contribution in [-0.4, -0.2) is 43.2 Å². The number of hydrogen-bond donors (Lipinski definition) is 2. The number of carbonyl (C=O) groups is 1. The van der Waals surface area contributed by atoms with E-state index in [1.165, 1.54) is 6.92 Å². The molecule has 1 amide bonds. The van der Waals surface area contributed by atoms with E-state index in [1.54, 1.807) is 7.11 Å². The van der Waals surface area contributed by atoms with E-state index in [0.29, 0.717) is 13.0 Å². The summed E-state index contributed by atoms with van der Waals surface area (Å²) in [6.07, 6.45) is -0.566. The predicted molar refractivity (Wildman–Crippen MR) is 45.0 cm³/mol. The summed E-state index contributed by atoms with van der Waals surface area (Å²) in [5.74, 6) is -0.118. The monoisotopic (exact) mass is 189 g/mol. The first-order chi connectivity index (χ1) is 6.13. The highest BCUT2D eigenvalue weighted by molar-refractivity contribution is 5.73. The van der Waals surface area contributed by atoms with Crippen molar-refractivity contribution < 1.29 is 19.4 Å². The Morgan fingerprint density at radius 2 is 2.38 bits per heavy atom. The highest BCUT2D eigenvalue weighted by Crippen LogP contribution is 2.15. The normalized spacial score (nSPS) is 34.2. The lowest BCUT2D eigenvalue weighted by Gasteiger charge is -2.33. The Morgan fingerprint density at radius 1 is 1.69 bits per heavy atom. The molecule has 0 aromatic heterocycles. The number of amides is 1. The van der Waals surface area contributed by atoms with E-state index in [1.807, 2.05) is 0 Å². The van der Waals surface area contributed by atoms with Gasteiger partial charge >= 0.3 is 0 Å². The molecule has 1 heterocycles. The number of aliphatic hydroxyl groups is 1. The Bertz CT molecular complexity index is 185. The van der Waals surface area contributed by atoms with E-state index in [4.69, 9.17) is 14.6 Å². The first-order valence-corrected chi connectivity index (χ1v) is 4.23. The number of methoxy groups -OCH3 is 1. The molecular weight excluding hydrogens is 174 g/mol. The van der Waals surface area contributed by atoms with Crippen molar-refractivity contribution in [1.29, 1.82) is 0 Å². The quantitative estimate of drug-likeness (QED) is 0.599. The summed E-state index contributed by atoms with van der Waals surface area (Å²) < 4.78 is 10.1. The summed E-state index contributed by atoms with van der Waals surface area (Å²) in [4.78, 5) is 10.8. The zero-order chi connectivity index (χ0) is 9.84. The maximum atomic E-state index is 10.8. The molecule has 1 fully saturated rings. The molecule has 13 heavy (non-hydrogen) atoms. The third-order valence-electron chi connectivity index (χ3n) is 2.04. The van der Waals surface area contributed by atoms with Crippen LogP contribution in [0.1, 0.15) is 13.3 Å². The third kappa shape index (κ3) is 2.95. The van der Waals surface area contributed by atoms with Gasteiger partial charge in [-0.3, -0.25) is 4.79 Å². The minimum atomic E-state index is -0.782. The zero-order valence-corrected chi connectivity index (χ0v) is 7.82. The maximum absolute atomic E-state index is 10.8. The molecule has 0 saturated carbocycles. The van der Waals surface area contributed by atoms with Crippen molar-refractivity contribution in [2.45, 2.75) is 31.8 Å². The molecule has 0 bridgehead atoms. The Kier molecular flexibility index (Phi) is 3.65. The molecule has 5 heteroatoms. The highest BCUT2D eigenvalue weighted by Gasteiger charge is 2.30. The summed E-state index contributed by atoms with van der Waals surface area (Å²) in [6.45, 7) is 1.73. The van der Waals surface area contributed by atoms with Gasteiger partial charge in [-0.25, -0.2) is 0 Å².